The molecule has 0 aromatic heterocycles. The average molecular weight is 336 g/mol. The fourth-order valence-corrected chi connectivity index (χ4v) is 2.93. The summed E-state index contributed by atoms with van der Waals surface area (Å²) in [6.07, 6.45) is 0.978. The minimum absolute atomic E-state index is 0.0432. The molecule has 1 aliphatic rings. The van der Waals surface area contributed by atoms with Crippen molar-refractivity contribution in [3.05, 3.63) is 35.6 Å². The van der Waals surface area contributed by atoms with Crippen LogP contribution in [0.4, 0.5) is 4.39 Å². The van der Waals surface area contributed by atoms with Gasteiger partial charge in [0.15, 0.2) is 0 Å². The third-order valence-electron chi connectivity index (χ3n) is 4.58. The minimum atomic E-state index is -0.380. The van der Waals surface area contributed by atoms with Gasteiger partial charge in [0, 0.05) is 18.1 Å². The van der Waals surface area contributed by atoms with Gasteiger partial charge in [-0.25, -0.2) is 4.39 Å². The SMILES string of the molecule is CCO[C@@H]1C[C@@H](NC(=O)CNC(=O)Cc2cccc(F)c2)C1(C)C. The van der Waals surface area contributed by atoms with E-state index in [9.17, 15) is 14.0 Å². The van der Waals surface area contributed by atoms with E-state index in [1.165, 1.54) is 12.1 Å². The third kappa shape index (κ3) is 4.54. The summed E-state index contributed by atoms with van der Waals surface area (Å²) in [5.74, 6) is -0.916. The molecule has 1 aromatic carbocycles. The van der Waals surface area contributed by atoms with E-state index in [1.807, 2.05) is 6.92 Å². The van der Waals surface area contributed by atoms with Gasteiger partial charge in [-0.2, -0.15) is 0 Å². The summed E-state index contributed by atoms with van der Waals surface area (Å²) in [6.45, 7) is 6.65. The lowest BCUT2D eigenvalue weighted by molar-refractivity contribution is -0.137. The molecule has 0 aliphatic heterocycles. The van der Waals surface area contributed by atoms with Crippen molar-refractivity contribution in [2.75, 3.05) is 13.2 Å². The Morgan fingerprint density at radius 2 is 2.08 bits per heavy atom. The van der Waals surface area contributed by atoms with E-state index < -0.39 is 0 Å². The number of halogens is 1. The molecule has 2 N–H and O–H groups in total. The zero-order chi connectivity index (χ0) is 17.7. The summed E-state index contributed by atoms with van der Waals surface area (Å²) in [5, 5.41) is 5.49. The predicted molar refractivity (Wildman–Crippen MR) is 88.9 cm³/mol. The van der Waals surface area contributed by atoms with Crippen LogP contribution in [0.25, 0.3) is 0 Å². The number of amides is 2. The zero-order valence-corrected chi connectivity index (χ0v) is 14.4. The van der Waals surface area contributed by atoms with Gasteiger partial charge < -0.3 is 15.4 Å². The number of hydrogen-bond donors (Lipinski definition) is 2. The lowest BCUT2D eigenvalue weighted by Crippen LogP contribution is -2.62. The van der Waals surface area contributed by atoms with E-state index in [0.29, 0.717) is 12.2 Å². The predicted octanol–water partition coefficient (Wildman–Crippen LogP) is 1.80. The lowest BCUT2D eigenvalue weighted by atomic mass is 9.64. The maximum absolute atomic E-state index is 13.1. The number of hydrogen-bond acceptors (Lipinski definition) is 3. The van der Waals surface area contributed by atoms with Crippen LogP contribution in [0.1, 0.15) is 32.8 Å². The summed E-state index contributed by atoms with van der Waals surface area (Å²) < 4.78 is 18.7. The van der Waals surface area contributed by atoms with Crippen LogP contribution in [0.15, 0.2) is 24.3 Å². The molecule has 0 bridgehead atoms. The molecule has 6 heteroatoms. The molecule has 24 heavy (non-hydrogen) atoms. The maximum atomic E-state index is 13.1. The highest BCUT2D eigenvalue weighted by Gasteiger charge is 2.49. The molecule has 0 saturated heterocycles. The molecule has 2 atom stereocenters. The highest BCUT2D eigenvalue weighted by Crippen LogP contribution is 2.42. The van der Waals surface area contributed by atoms with Crippen molar-refractivity contribution in [3.63, 3.8) is 0 Å². The quantitative estimate of drug-likeness (QED) is 0.798. The van der Waals surface area contributed by atoms with Crippen molar-refractivity contribution in [3.8, 4) is 0 Å². The second-order valence-electron chi connectivity index (χ2n) is 6.70. The minimum Gasteiger partial charge on any atom is -0.378 e. The Bertz CT molecular complexity index is 604. The van der Waals surface area contributed by atoms with Gasteiger partial charge >= 0.3 is 0 Å². The highest BCUT2D eigenvalue weighted by atomic mass is 19.1. The second-order valence-corrected chi connectivity index (χ2v) is 6.70. The van der Waals surface area contributed by atoms with E-state index in [4.69, 9.17) is 4.74 Å². The van der Waals surface area contributed by atoms with Crippen molar-refractivity contribution in [2.45, 2.75) is 45.8 Å². The van der Waals surface area contributed by atoms with Crippen LogP contribution in [-0.4, -0.2) is 37.1 Å². The molecule has 5 nitrogen and oxygen atoms in total. The van der Waals surface area contributed by atoms with Crippen molar-refractivity contribution < 1.29 is 18.7 Å². The van der Waals surface area contributed by atoms with Gasteiger partial charge in [0.25, 0.3) is 0 Å². The van der Waals surface area contributed by atoms with Crippen molar-refractivity contribution in [1.82, 2.24) is 10.6 Å². The molecule has 0 spiro atoms. The smallest absolute Gasteiger partial charge is 0.239 e. The molecule has 1 aromatic rings. The molecule has 2 amide bonds. The topological polar surface area (TPSA) is 67.4 Å². The van der Waals surface area contributed by atoms with E-state index in [0.717, 1.165) is 6.42 Å². The largest absolute Gasteiger partial charge is 0.378 e. The third-order valence-corrected chi connectivity index (χ3v) is 4.58. The molecule has 1 fully saturated rings. The first-order valence-electron chi connectivity index (χ1n) is 8.25. The number of ether oxygens (including phenoxy) is 1. The van der Waals surface area contributed by atoms with Crippen molar-refractivity contribution in [2.24, 2.45) is 5.41 Å². The molecular weight excluding hydrogens is 311 g/mol. The van der Waals surface area contributed by atoms with E-state index in [2.05, 4.69) is 24.5 Å². The average Bonchev–Trinajstić information content (AvgIpc) is 2.52. The summed E-state index contributed by atoms with van der Waals surface area (Å²) in [4.78, 5) is 23.8. The van der Waals surface area contributed by atoms with E-state index in [1.54, 1.807) is 12.1 Å². The van der Waals surface area contributed by atoms with Gasteiger partial charge in [0.05, 0.1) is 19.1 Å². The first-order valence-corrected chi connectivity index (χ1v) is 8.25. The Morgan fingerprint density at radius 3 is 2.71 bits per heavy atom. The monoisotopic (exact) mass is 336 g/mol. The van der Waals surface area contributed by atoms with Crippen molar-refractivity contribution >= 4 is 11.8 Å². The fraction of sp³-hybridized carbons (Fsp3) is 0.556. The lowest BCUT2D eigenvalue weighted by Gasteiger charge is -2.51. The van der Waals surface area contributed by atoms with Crippen LogP contribution in [0.3, 0.4) is 0 Å². The van der Waals surface area contributed by atoms with Gasteiger partial charge in [-0.3, -0.25) is 9.59 Å². The summed E-state index contributed by atoms with van der Waals surface area (Å²) in [6, 6.07) is 5.91. The molecule has 0 heterocycles. The van der Waals surface area contributed by atoms with Crippen LogP contribution in [0, 0.1) is 11.2 Å². The number of carbonyl (C=O) groups is 2. The number of nitrogens with one attached hydrogen (secondary N) is 2. The first-order chi connectivity index (χ1) is 11.3. The van der Waals surface area contributed by atoms with Crippen LogP contribution < -0.4 is 10.6 Å². The molecule has 132 valence electrons. The number of benzene rings is 1. The van der Waals surface area contributed by atoms with Gasteiger partial charge in [0.2, 0.25) is 11.8 Å². The Balaban J connectivity index is 1.73. The van der Waals surface area contributed by atoms with Crippen LogP contribution >= 0.6 is 0 Å². The van der Waals surface area contributed by atoms with E-state index >= 15 is 0 Å². The standard InChI is InChI=1S/C18H25FN2O3/c1-4-24-15-10-14(18(15,2)3)21-17(23)11-20-16(22)9-12-6-5-7-13(19)8-12/h5-8,14-15H,4,9-11H2,1-3H3,(H,20,22)(H,21,23)/t14-,15-/m1/s1. The number of rotatable bonds is 7. The van der Waals surface area contributed by atoms with Gasteiger partial charge in [-0.1, -0.05) is 26.0 Å². The van der Waals surface area contributed by atoms with Crippen LogP contribution in [0.5, 0.6) is 0 Å². The fourth-order valence-electron chi connectivity index (χ4n) is 2.93. The highest BCUT2D eigenvalue weighted by molar-refractivity contribution is 5.85. The van der Waals surface area contributed by atoms with Crippen LogP contribution in [-0.2, 0) is 20.7 Å². The Morgan fingerprint density at radius 1 is 1.33 bits per heavy atom. The first kappa shape index (κ1) is 18.4. The number of carbonyl (C=O) groups excluding carboxylic acids is 2. The molecule has 0 unspecified atom stereocenters. The molecule has 0 radical (unpaired) electrons. The summed E-state index contributed by atoms with van der Waals surface area (Å²) >= 11 is 0. The Labute approximate surface area is 142 Å². The zero-order valence-electron chi connectivity index (χ0n) is 14.4. The maximum Gasteiger partial charge on any atom is 0.239 e. The van der Waals surface area contributed by atoms with E-state index in [-0.39, 0.29) is 48.2 Å². The molecule has 1 aliphatic carbocycles. The van der Waals surface area contributed by atoms with Crippen molar-refractivity contribution in [1.29, 1.82) is 0 Å². The van der Waals surface area contributed by atoms with Gasteiger partial charge in [-0.15, -0.1) is 0 Å². The summed E-state index contributed by atoms with van der Waals surface area (Å²) in [7, 11) is 0. The normalized spacial score (nSPS) is 21.7. The summed E-state index contributed by atoms with van der Waals surface area (Å²) in [5.41, 5.74) is 0.463. The molecular formula is C18H25FN2O3. The van der Waals surface area contributed by atoms with Gasteiger partial charge in [-0.05, 0) is 31.0 Å². The molecule has 2 rings (SSSR count). The second kappa shape index (κ2) is 7.75. The Hall–Kier alpha value is -1.95. The van der Waals surface area contributed by atoms with Gasteiger partial charge in [0.1, 0.15) is 5.82 Å². The molecule has 1 saturated carbocycles. The van der Waals surface area contributed by atoms with Crippen LogP contribution in [0.2, 0.25) is 0 Å². The Kier molecular flexibility index (Phi) is 5.94.